The van der Waals surface area contributed by atoms with Crippen LogP contribution in [-0.4, -0.2) is 0 Å². The van der Waals surface area contributed by atoms with Gasteiger partial charge in [-0.2, -0.15) is 0 Å². The van der Waals surface area contributed by atoms with Gasteiger partial charge in [-0.15, -0.1) is 6.58 Å². The molecule has 1 rings (SSSR count). The molecule has 0 amide bonds. The van der Waals surface area contributed by atoms with Crippen LogP contribution in [0.25, 0.3) is 0 Å². The van der Waals surface area contributed by atoms with Crippen LogP contribution in [0.4, 0.5) is 0 Å². The normalized spacial score (nSPS) is 27.6. The lowest BCUT2D eigenvalue weighted by Crippen LogP contribution is -2.16. The molecule has 0 aromatic carbocycles. The predicted octanol–water partition coefficient (Wildman–Crippen LogP) is 6.47. The first-order valence-electron chi connectivity index (χ1n) is 8.09. The van der Waals surface area contributed by atoms with Crippen LogP contribution in [0.1, 0.15) is 80.1 Å². The van der Waals surface area contributed by atoms with E-state index in [2.05, 4.69) is 40.3 Å². The van der Waals surface area contributed by atoms with Gasteiger partial charge in [0, 0.05) is 0 Å². The number of hydrogen-bond donors (Lipinski definition) is 0. The van der Waals surface area contributed by atoms with E-state index in [9.17, 15) is 0 Å². The highest BCUT2D eigenvalue weighted by Gasteiger charge is 2.34. The summed E-state index contributed by atoms with van der Waals surface area (Å²) < 4.78 is 0. The van der Waals surface area contributed by atoms with E-state index in [-0.39, 0.29) is 0 Å². The van der Waals surface area contributed by atoms with Gasteiger partial charge in [0.1, 0.15) is 0 Å². The maximum Gasteiger partial charge on any atom is -0.0231 e. The molecule has 1 aliphatic rings. The number of hydrogen-bond acceptors (Lipinski definition) is 0. The van der Waals surface area contributed by atoms with Gasteiger partial charge >= 0.3 is 0 Å². The van der Waals surface area contributed by atoms with Crippen LogP contribution >= 0.6 is 0 Å². The fraction of sp³-hybridized carbons (Fsp3) is 0.889. The summed E-state index contributed by atoms with van der Waals surface area (Å²) in [6.07, 6.45) is 10.6. The highest BCUT2D eigenvalue weighted by atomic mass is 14.4. The fourth-order valence-corrected chi connectivity index (χ4v) is 3.31. The molecular formula is C18H36. The Morgan fingerprint density at radius 3 is 2.11 bits per heavy atom. The fourth-order valence-electron chi connectivity index (χ4n) is 3.31. The van der Waals surface area contributed by atoms with Crippen molar-refractivity contribution in [2.45, 2.75) is 80.1 Å². The molecular weight excluding hydrogens is 216 g/mol. The largest absolute Gasteiger partial charge is 0.103 e. The standard InChI is InChI=1S/C16H30.C2H6/c1-6-8-9-14-10-13(7-2)11-15(14)12-16(3,4)5;1-2/h7,13-15H,2,6,8-12H2,1,3-5H3;1-2H3. The Hall–Kier alpha value is -0.260. The van der Waals surface area contributed by atoms with Crippen LogP contribution in [0.5, 0.6) is 0 Å². The van der Waals surface area contributed by atoms with Crippen LogP contribution in [0.2, 0.25) is 0 Å². The summed E-state index contributed by atoms with van der Waals surface area (Å²) in [5.41, 5.74) is 0.491. The molecule has 108 valence electrons. The van der Waals surface area contributed by atoms with Gasteiger partial charge in [-0.25, -0.2) is 0 Å². The molecule has 0 N–H and O–H groups in total. The molecule has 3 atom stereocenters. The van der Waals surface area contributed by atoms with Crippen LogP contribution < -0.4 is 0 Å². The van der Waals surface area contributed by atoms with Crippen molar-refractivity contribution in [1.82, 2.24) is 0 Å². The molecule has 1 fully saturated rings. The van der Waals surface area contributed by atoms with Gasteiger partial charge in [-0.05, 0) is 42.4 Å². The lowest BCUT2D eigenvalue weighted by Gasteiger charge is -2.27. The highest BCUT2D eigenvalue weighted by molar-refractivity contribution is 4.92. The van der Waals surface area contributed by atoms with Gasteiger partial charge in [0.2, 0.25) is 0 Å². The van der Waals surface area contributed by atoms with E-state index in [0.717, 1.165) is 17.8 Å². The minimum atomic E-state index is 0.491. The van der Waals surface area contributed by atoms with Crippen molar-refractivity contribution in [1.29, 1.82) is 0 Å². The van der Waals surface area contributed by atoms with Crippen molar-refractivity contribution >= 4 is 0 Å². The number of rotatable bonds is 5. The molecule has 0 bridgehead atoms. The minimum absolute atomic E-state index is 0.491. The zero-order chi connectivity index (χ0) is 14.2. The summed E-state index contributed by atoms with van der Waals surface area (Å²) >= 11 is 0. The topological polar surface area (TPSA) is 0 Å². The third kappa shape index (κ3) is 6.61. The summed E-state index contributed by atoms with van der Waals surface area (Å²) in [6, 6.07) is 0. The van der Waals surface area contributed by atoms with Crippen molar-refractivity contribution in [3.05, 3.63) is 12.7 Å². The van der Waals surface area contributed by atoms with Crippen LogP contribution in [0, 0.1) is 23.2 Å². The first-order chi connectivity index (χ1) is 8.46. The monoisotopic (exact) mass is 252 g/mol. The lowest BCUT2D eigenvalue weighted by atomic mass is 9.78. The summed E-state index contributed by atoms with van der Waals surface area (Å²) in [6.45, 7) is 17.4. The smallest absolute Gasteiger partial charge is 0.0231 e. The molecule has 1 aliphatic carbocycles. The summed E-state index contributed by atoms with van der Waals surface area (Å²) in [5.74, 6) is 2.73. The van der Waals surface area contributed by atoms with Gasteiger partial charge < -0.3 is 0 Å². The molecule has 18 heavy (non-hydrogen) atoms. The van der Waals surface area contributed by atoms with Gasteiger partial charge in [0.05, 0.1) is 0 Å². The summed E-state index contributed by atoms with van der Waals surface area (Å²) in [7, 11) is 0. The predicted molar refractivity (Wildman–Crippen MR) is 84.8 cm³/mol. The third-order valence-corrected chi connectivity index (χ3v) is 4.01. The molecule has 0 aliphatic heterocycles. The maximum atomic E-state index is 3.99. The summed E-state index contributed by atoms with van der Waals surface area (Å²) in [5, 5.41) is 0. The third-order valence-electron chi connectivity index (χ3n) is 4.01. The van der Waals surface area contributed by atoms with Crippen molar-refractivity contribution in [3.8, 4) is 0 Å². The Balaban J connectivity index is 0.00000137. The van der Waals surface area contributed by atoms with Crippen molar-refractivity contribution < 1.29 is 0 Å². The van der Waals surface area contributed by atoms with Crippen LogP contribution in [0.3, 0.4) is 0 Å². The highest BCUT2D eigenvalue weighted by Crippen LogP contribution is 2.45. The average Bonchev–Trinajstić information content (AvgIpc) is 2.69. The van der Waals surface area contributed by atoms with E-state index in [0.29, 0.717) is 5.41 Å². The quantitative estimate of drug-likeness (QED) is 0.492. The molecule has 0 aromatic rings. The second-order valence-corrected chi connectivity index (χ2v) is 6.89. The maximum absolute atomic E-state index is 3.99. The van der Waals surface area contributed by atoms with Crippen molar-refractivity contribution in [3.63, 3.8) is 0 Å². The second kappa shape index (κ2) is 8.77. The molecule has 3 unspecified atom stereocenters. The first kappa shape index (κ1) is 17.7. The molecule has 1 saturated carbocycles. The molecule has 0 heteroatoms. The van der Waals surface area contributed by atoms with E-state index in [4.69, 9.17) is 0 Å². The zero-order valence-corrected chi connectivity index (χ0v) is 13.8. The Morgan fingerprint density at radius 1 is 1.11 bits per heavy atom. The van der Waals surface area contributed by atoms with Gasteiger partial charge in [-0.1, -0.05) is 66.9 Å². The van der Waals surface area contributed by atoms with E-state index in [1.54, 1.807) is 0 Å². The Labute approximate surface area is 116 Å². The number of unbranched alkanes of at least 4 members (excludes halogenated alkanes) is 1. The molecule has 0 radical (unpaired) electrons. The second-order valence-electron chi connectivity index (χ2n) is 6.89. The summed E-state index contributed by atoms with van der Waals surface area (Å²) in [4.78, 5) is 0. The van der Waals surface area contributed by atoms with Crippen molar-refractivity contribution in [2.24, 2.45) is 23.2 Å². The zero-order valence-electron chi connectivity index (χ0n) is 13.8. The molecule has 0 saturated heterocycles. The minimum Gasteiger partial charge on any atom is -0.103 e. The lowest BCUT2D eigenvalue weighted by molar-refractivity contribution is 0.237. The van der Waals surface area contributed by atoms with Crippen molar-refractivity contribution in [2.75, 3.05) is 0 Å². The first-order valence-corrected chi connectivity index (χ1v) is 8.09. The molecule has 0 aromatic heterocycles. The molecule has 0 heterocycles. The number of allylic oxidation sites excluding steroid dienone is 1. The van der Waals surface area contributed by atoms with Crippen LogP contribution in [-0.2, 0) is 0 Å². The Kier molecular flexibility index (Phi) is 8.65. The Bertz CT molecular complexity index is 209. The molecule has 0 spiro atoms. The Morgan fingerprint density at radius 2 is 1.67 bits per heavy atom. The van der Waals surface area contributed by atoms with E-state index in [1.807, 2.05) is 13.8 Å². The molecule has 0 nitrogen and oxygen atoms in total. The SMILES string of the molecule is C=CC1CC(CCCC)C(CC(C)(C)C)C1.CC. The van der Waals surface area contributed by atoms with Gasteiger partial charge in [-0.3, -0.25) is 0 Å². The van der Waals surface area contributed by atoms with Crippen LogP contribution in [0.15, 0.2) is 12.7 Å². The average molecular weight is 252 g/mol. The van der Waals surface area contributed by atoms with Gasteiger partial charge in [0.15, 0.2) is 0 Å². The van der Waals surface area contributed by atoms with E-state index < -0.39 is 0 Å². The van der Waals surface area contributed by atoms with E-state index in [1.165, 1.54) is 38.5 Å². The van der Waals surface area contributed by atoms with Gasteiger partial charge in [0.25, 0.3) is 0 Å². The van der Waals surface area contributed by atoms with E-state index >= 15 is 0 Å².